The number of fused-ring (bicyclic) bond motifs is 10. The first-order valence-electron chi connectivity index (χ1n) is 20.0. The standard InChI is InChI=1S/C55H34N4/c1-4-14-35(15-5-1)41-27-29-51-49(32-41)50-33-47-45-28-26-42(40-25-24-36-16-10-11-21-39(36)30-40)31-46(45)43-22-12-13-23-44(43)48(47)34-52(50)59(51)55-57-53(37-17-6-2-7-18-37)56-54(58-55)38-19-8-3-9-20-38/h1-34H. The number of rotatable bonds is 5. The van der Waals surface area contributed by atoms with Gasteiger partial charge in [0.1, 0.15) is 0 Å². The Bertz CT molecular complexity index is 3540. The second kappa shape index (κ2) is 13.3. The fourth-order valence-corrected chi connectivity index (χ4v) is 8.94. The molecule has 0 spiro atoms. The predicted molar refractivity (Wildman–Crippen MR) is 246 cm³/mol. The summed E-state index contributed by atoms with van der Waals surface area (Å²) in [5.74, 6) is 1.84. The fourth-order valence-electron chi connectivity index (χ4n) is 8.94. The highest BCUT2D eigenvalue weighted by Crippen LogP contribution is 2.43. The minimum absolute atomic E-state index is 0.578. The molecule has 2 aromatic heterocycles. The van der Waals surface area contributed by atoms with Crippen LogP contribution in [0.1, 0.15) is 0 Å². The average Bonchev–Trinajstić information content (AvgIpc) is 3.64. The zero-order valence-corrected chi connectivity index (χ0v) is 31.9. The van der Waals surface area contributed by atoms with Crippen LogP contribution in [-0.4, -0.2) is 19.5 Å². The molecule has 0 fully saturated rings. The smallest absolute Gasteiger partial charge is 0.238 e. The molecule has 12 aromatic rings. The molecule has 0 bridgehead atoms. The molecule has 2 heterocycles. The maximum absolute atomic E-state index is 5.24. The summed E-state index contributed by atoms with van der Waals surface area (Å²) in [7, 11) is 0. The SMILES string of the molecule is c1ccc(-c2ccc3c(c2)c2cc4c5ccc(-c6ccc7ccccc7c6)cc5c5ccccc5c4cc2n3-c2nc(-c3ccccc3)nc(-c3ccccc3)n2)cc1. The van der Waals surface area contributed by atoms with Gasteiger partial charge in [-0.15, -0.1) is 0 Å². The fraction of sp³-hybridized carbons (Fsp3) is 0. The summed E-state index contributed by atoms with van der Waals surface area (Å²) >= 11 is 0. The average molecular weight is 751 g/mol. The molecule has 274 valence electrons. The lowest BCUT2D eigenvalue weighted by Crippen LogP contribution is -2.06. The van der Waals surface area contributed by atoms with E-state index in [2.05, 4.69) is 174 Å². The third kappa shape index (κ3) is 5.49. The Morgan fingerprint density at radius 2 is 0.729 bits per heavy atom. The minimum atomic E-state index is 0.578. The first kappa shape index (κ1) is 33.2. The van der Waals surface area contributed by atoms with Crippen LogP contribution in [0.5, 0.6) is 0 Å². The molecule has 0 amide bonds. The first-order valence-corrected chi connectivity index (χ1v) is 20.0. The highest BCUT2D eigenvalue weighted by molar-refractivity contribution is 6.29. The molecule has 10 aromatic carbocycles. The van der Waals surface area contributed by atoms with Crippen molar-refractivity contribution < 1.29 is 0 Å². The molecule has 12 rings (SSSR count). The van der Waals surface area contributed by atoms with E-state index in [4.69, 9.17) is 15.0 Å². The van der Waals surface area contributed by atoms with Crippen LogP contribution in [-0.2, 0) is 0 Å². The van der Waals surface area contributed by atoms with Crippen molar-refractivity contribution in [3.05, 3.63) is 206 Å². The molecule has 0 aliphatic rings. The molecule has 4 heteroatoms. The number of hydrogen-bond acceptors (Lipinski definition) is 3. The van der Waals surface area contributed by atoms with Gasteiger partial charge in [0.25, 0.3) is 0 Å². The van der Waals surface area contributed by atoms with Crippen LogP contribution in [0.25, 0.3) is 116 Å². The van der Waals surface area contributed by atoms with Gasteiger partial charge in [0.15, 0.2) is 11.6 Å². The summed E-state index contributed by atoms with van der Waals surface area (Å²) in [6.45, 7) is 0. The largest absolute Gasteiger partial charge is 0.278 e. The Morgan fingerprint density at radius 3 is 1.42 bits per heavy atom. The van der Waals surface area contributed by atoms with Crippen molar-refractivity contribution in [3.8, 4) is 51.0 Å². The van der Waals surface area contributed by atoms with Crippen LogP contribution >= 0.6 is 0 Å². The summed E-state index contributed by atoms with van der Waals surface area (Å²) in [6.07, 6.45) is 0. The molecule has 59 heavy (non-hydrogen) atoms. The van der Waals surface area contributed by atoms with Gasteiger partial charge in [-0.2, -0.15) is 9.97 Å². The molecule has 4 nitrogen and oxygen atoms in total. The number of nitrogens with zero attached hydrogens (tertiary/aromatic N) is 4. The quantitative estimate of drug-likeness (QED) is 0.165. The molecular weight excluding hydrogens is 717 g/mol. The van der Waals surface area contributed by atoms with Crippen LogP contribution in [0.4, 0.5) is 0 Å². The second-order valence-electron chi connectivity index (χ2n) is 15.2. The van der Waals surface area contributed by atoms with Crippen LogP contribution in [0.2, 0.25) is 0 Å². The lowest BCUT2D eigenvalue weighted by Gasteiger charge is -2.14. The third-order valence-corrected chi connectivity index (χ3v) is 11.8. The molecule has 0 saturated carbocycles. The summed E-state index contributed by atoms with van der Waals surface area (Å²) < 4.78 is 2.24. The van der Waals surface area contributed by atoms with Gasteiger partial charge in [0.05, 0.1) is 11.0 Å². The van der Waals surface area contributed by atoms with Gasteiger partial charge in [-0.1, -0.05) is 170 Å². The zero-order valence-electron chi connectivity index (χ0n) is 31.9. The van der Waals surface area contributed by atoms with E-state index in [-0.39, 0.29) is 0 Å². The van der Waals surface area contributed by atoms with E-state index >= 15 is 0 Å². The normalized spacial score (nSPS) is 11.7. The van der Waals surface area contributed by atoms with Gasteiger partial charge < -0.3 is 0 Å². The van der Waals surface area contributed by atoms with E-state index in [1.807, 2.05) is 36.4 Å². The van der Waals surface area contributed by atoms with Crippen molar-refractivity contribution in [1.29, 1.82) is 0 Å². The van der Waals surface area contributed by atoms with Gasteiger partial charge >= 0.3 is 0 Å². The van der Waals surface area contributed by atoms with Crippen LogP contribution in [0.15, 0.2) is 206 Å². The molecule has 0 N–H and O–H groups in total. The van der Waals surface area contributed by atoms with Gasteiger partial charge in [-0.3, -0.25) is 4.57 Å². The number of benzene rings is 10. The Labute approximate surface area is 340 Å². The Hall–Kier alpha value is -7.95. The van der Waals surface area contributed by atoms with Crippen LogP contribution in [0.3, 0.4) is 0 Å². The first-order chi connectivity index (χ1) is 29.2. The summed E-state index contributed by atoms with van der Waals surface area (Å²) in [6, 6.07) is 73.6. The number of aromatic nitrogens is 4. The topological polar surface area (TPSA) is 43.6 Å². The highest BCUT2D eigenvalue weighted by atomic mass is 15.2. The molecule has 0 aliphatic heterocycles. The van der Waals surface area contributed by atoms with Crippen molar-refractivity contribution in [2.45, 2.75) is 0 Å². The number of hydrogen-bond donors (Lipinski definition) is 0. The van der Waals surface area contributed by atoms with Gasteiger partial charge in [-0.05, 0) is 102 Å². The Balaban J connectivity index is 1.17. The minimum Gasteiger partial charge on any atom is -0.278 e. The molecule has 0 atom stereocenters. The van der Waals surface area contributed by atoms with E-state index in [1.165, 1.54) is 59.8 Å². The summed E-state index contributed by atoms with van der Waals surface area (Å²) in [5, 5.41) is 12.1. The zero-order chi connectivity index (χ0) is 38.9. The summed E-state index contributed by atoms with van der Waals surface area (Å²) in [5.41, 5.74) is 8.70. The molecule has 0 unspecified atom stereocenters. The molecule has 0 aliphatic carbocycles. The Kier molecular flexibility index (Phi) is 7.50. The van der Waals surface area contributed by atoms with Crippen molar-refractivity contribution >= 4 is 64.9 Å². The molecule has 0 saturated heterocycles. The summed E-state index contributed by atoms with van der Waals surface area (Å²) in [4.78, 5) is 15.5. The Morgan fingerprint density at radius 1 is 0.254 bits per heavy atom. The monoisotopic (exact) mass is 750 g/mol. The van der Waals surface area contributed by atoms with Crippen molar-refractivity contribution in [1.82, 2.24) is 19.5 Å². The van der Waals surface area contributed by atoms with E-state index < -0.39 is 0 Å². The lowest BCUT2D eigenvalue weighted by atomic mass is 9.91. The maximum Gasteiger partial charge on any atom is 0.238 e. The van der Waals surface area contributed by atoms with Crippen LogP contribution < -0.4 is 0 Å². The van der Waals surface area contributed by atoms with E-state index in [0.717, 1.165) is 38.5 Å². The third-order valence-electron chi connectivity index (χ3n) is 11.8. The molecular formula is C55H34N4. The molecule has 0 radical (unpaired) electrons. The lowest BCUT2D eigenvalue weighted by molar-refractivity contribution is 0.954. The maximum atomic E-state index is 5.24. The highest BCUT2D eigenvalue weighted by Gasteiger charge is 2.21. The van der Waals surface area contributed by atoms with Gasteiger partial charge in [0, 0.05) is 21.9 Å². The van der Waals surface area contributed by atoms with Crippen molar-refractivity contribution in [2.75, 3.05) is 0 Å². The van der Waals surface area contributed by atoms with Gasteiger partial charge in [-0.25, -0.2) is 4.98 Å². The van der Waals surface area contributed by atoms with Crippen molar-refractivity contribution in [3.63, 3.8) is 0 Å². The second-order valence-corrected chi connectivity index (χ2v) is 15.2. The van der Waals surface area contributed by atoms with E-state index in [1.54, 1.807) is 0 Å². The van der Waals surface area contributed by atoms with E-state index in [9.17, 15) is 0 Å². The van der Waals surface area contributed by atoms with Gasteiger partial charge in [0.2, 0.25) is 5.95 Å². The van der Waals surface area contributed by atoms with E-state index in [0.29, 0.717) is 17.6 Å². The predicted octanol–water partition coefficient (Wildman–Crippen LogP) is 14.2. The van der Waals surface area contributed by atoms with Crippen molar-refractivity contribution in [2.24, 2.45) is 0 Å². The van der Waals surface area contributed by atoms with Crippen LogP contribution in [0, 0.1) is 0 Å².